The number of hydrogen-bond donors (Lipinski definition) is 0. The highest BCUT2D eigenvalue weighted by atomic mass is 35.5. The molecule has 0 aliphatic carbocycles. The van der Waals surface area contributed by atoms with Crippen molar-refractivity contribution in [1.82, 2.24) is 0 Å². The molecule has 0 radical (unpaired) electrons. The van der Waals surface area contributed by atoms with Crippen LogP contribution < -0.4 is 4.90 Å². The maximum absolute atomic E-state index is 11.7. The van der Waals surface area contributed by atoms with E-state index in [0.717, 1.165) is 24.1 Å². The third-order valence-electron chi connectivity index (χ3n) is 3.02. The fraction of sp³-hybridized carbons (Fsp3) is 0.385. The third-order valence-corrected chi connectivity index (χ3v) is 3.25. The summed E-state index contributed by atoms with van der Waals surface area (Å²) in [7, 11) is 0. The van der Waals surface area contributed by atoms with Gasteiger partial charge < -0.3 is 4.90 Å². The maximum atomic E-state index is 11.7. The van der Waals surface area contributed by atoms with E-state index in [1.807, 2.05) is 12.1 Å². The first kappa shape index (κ1) is 12.1. The number of aryl methyl sites for hydroxylation is 1. The Morgan fingerprint density at radius 2 is 2.18 bits per heavy atom. The Labute approximate surface area is 105 Å². The number of carbonyl (C=O) groups is 2. The van der Waals surface area contributed by atoms with Crippen molar-refractivity contribution in [2.45, 2.75) is 19.8 Å². The Morgan fingerprint density at radius 3 is 2.82 bits per heavy atom. The van der Waals surface area contributed by atoms with Crippen LogP contribution in [0.4, 0.5) is 5.69 Å². The lowest BCUT2D eigenvalue weighted by Crippen LogP contribution is -2.36. The zero-order chi connectivity index (χ0) is 12.4. The van der Waals surface area contributed by atoms with Crippen LogP contribution in [0, 0.1) is 0 Å². The van der Waals surface area contributed by atoms with E-state index in [-0.39, 0.29) is 17.6 Å². The standard InChI is InChI=1S/C13H14ClNO2/c1-9(16)10-4-5-12-11(7-10)3-2-6-15(12)13(17)8-14/h4-5,7H,2-3,6,8H2,1H3. The number of benzene rings is 1. The second-order valence-electron chi connectivity index (χ2n) is 4.18. The van der Waals surface area contributed by atoms with Crippen LogP contribution in [0.3, 0.4) is 0 Å². The number of Topliss-reactive ketones (excluding diaryl/α,β-unsaturated/α-hetero) is 1. The van der Waals surface area contributed by atoms with E-state index in [2.05, 4.69) is 0 Å². The Morgan fingerprint density at radius 1 is 1.41 bits per heavy atom. The van der Waals surface area contributed by atoms with Crippen molar-refractivity contribution in [3.63, 3.8) is 0 Å². The number of nitrogens with zero attached hydrogens (tertiary/aromatic N) is 1. The predicted octanol–water partition coefficient (Wildman–Crippen LogP) is 2.41. The van der Waals surface area contributed by atoms with Gasteiger partial charge in [0.25, 0.3) is 0 Å². The highest BCUT2D eigenvalue weighted by molar-refractivity contribution is 6.29. The molecule has 2 rings (SSSR count). The van der Waals surface area contributed by atoms with Crippen molar-refractivity contribution in [1.29, 1.82) is 0 Å². The largest absolute Gasteiger partial charge is 0.311 e. The van der Waals surface area contributed by atoms with Gasteiger partial charge in [0, 0.05) is 17.8 Å². The molecule has 1 aromatic carbocycles. The molecule has 1 aliphatic heterocycles. The summed E-state index contributed by atoms with van der Waals surface area (Å²) >= 11 is 5.59. The molecular weight excluding hydrogens is 238 g/mol. The second kappa shape index (κ2) is 4.88. The van der Waals surface area contributed by atoms with Crippen molar-refractivity contribution >= 4 is 29.0 Å². The first-order valence-corrected chi connectivity index (χ1v) is 6.17. The molecule has 0 saturated heterocycles. The lowest BCUT2D eigenvalue weighted by Gasteiger charge is -2.29. The second-order valence-corrected chi connectivity index (χ2v) is 4.45. The van der Waals surface area contributed by atoms with Crippen molar-refractivity contribution in [2.75, 3.05) is 17.3 Å². The van der Waals surface area contributed by atoms with E-state index in [4.69, 9.17) is 11.6 Å². The average molecular weight is 252 g/mol. The number of hydrogen-bond acceptors (Lipinski definition) is 2. The molecule has 4 heteroatoms. The molecule has 1 heterocycles. The SMILES string of the molecule is CC(=O)c1ccc2c(c1)CCCN2C(=O)CCl. The Balaban J connectivity index is 2.40. The molecule has 3 nitrogen and oxygen atoms in total. The lowest BCUT2D eigenvalue weighted by molar-refractivity contribution is -0.116. The van der Waals surface area contributed by atoms with E-state index >= 15 is 0 Å². The van der Waals surface area contributed by atoms with Gasteiger partial charge >= 0.3 is 0 Å². The first-order valence-electron chi connectivity index (χ1n) is 5.63. The number of ketones is 1. The van der Waals surface area contributed by atoms with Gasteiger partial charge in [-0.3, -0.25) is 9.59 Å². The van der Waals surface area contributed by atoms with Crippen molar-refractivity contribution in [2.24, 2.45) is 0 Å². The average Bonchev–Trinajstić information content (AvgIpc) is 2.36. The monoisotopic (exact) mass is 251 g/mol. The molecule has 17 heavy (non-hydrogen) atoms. The Kier molecular flexibility index (Phi) is 3.48. The smallest absolute Gasteiger partial charge is 0.241 e. The van der Waals surface area contributed by atoms with Crippen LogP contribution in [0.15, 0.2) is 18.2 Å². The molecule has 0 bridgehead atoms. The number of fused-ring (bicyclic) bond motifs is 1. The van der Waals surface area contributed by atoms with Crippen LogP contribution in [0.5, 0.6) is 0 Å². The van der Waals surface area contributed by atoms with Gasteiger partial charge in [-0.25, -0.2) is 0 Å². The van der Waals surface area contributed by atoms with E-state index in [0.29, 0.717) is 12.1 Å². The number of alkyl halides is 1. The van der Waals surface area contributed by atoms with Crippen LogP contribution in [0.2, 0.25) is 0 Å². The van der Waals surface area contributed by atoms with Crippen LogP contribution in [-0.4, -0.2) is 24.1 Å². The van der Waals surface area contributed by atoms with Gasteiger partial charge in [-0.15, -0.1) is 11.6 Å². The molecular formula is C13H14ClNO2. The minimum absolute atomic E-state index is 0.00605. The van der Waals surface area contributed by atoms with Crippen LogP contribution in [-0.2, 0) is 11.2 Å². The molecule has 0 spiro atoms. The summed E-state index contributed by atoms with van der Waals surface area (Å²) in [4.78, 5) is 24.7. The van der Waals surface area contributed by atoms with E-state index in [1.165, 1.54) is 0 Å². The number of carbonyl (C=O) groups excluding carboxylic acids is 2. The number of halogens is 1. The van der Waals surface area contributed by atoms with Gasteiger partial charge in [-0.1, -0.05) is 0 Å². The lowest BCUT2D eigenvalue weighted by atomic mass is 9.98. The molecule has 0 atom stereocenters. The third kappa shape index (κ3) is 2.34. The minimum atomic E-state index is -0.0804. The highest BCUT2D eigenvalue weighted by Gasteiger charge is 2.22. The molecule has 0 aromatic heterocycles. The topological polar surface area (TPSA) is 37.4 Å². The zero-order valence-electron chi connectivity index (χ0n) is 9.70. The van der Waals surface area contributed by atoms with Gasteiger partial charge in [0.05, 0.1) is 0 Å². The van der Waals surface area contributed by atoms with Gasteiger partial charge in [0.1, 0.15) is 5.88 Å². The van der Waals surface area contributed by atoms with Crippen molar-refractivity contribution in [3.8, 4) is 0 Å². The fourth-order valence-electron chi connectivity index (χ4n) is 2.15. The van der Waals surface area contributed by atoms with Gasteiger partial charge in [0.15, 0.2) is 5.78 Å². The summed E-state index contributed by atoms with van der Waals surface area (Å²) in [5.41, 5.74) is 2.65. The number of rotatable bonds is 2. The fourth-order valence-corrected chi connectivity index (χ4v) is 2.29. The quantitative estimate of drug-likeness (QED) is 0.598. The predicted molar refractivity (Wildman–Crippen MR) is 67.8 cm³/mol. The highest BCUT2D eigenvalue weighted by Crippen LogP contribution is 2.28. The first-order chi connectivity index (χ1) is 8.13. The van der Waals surface area contributed by atoms with Crippen LogP contribution in [0.25, 0.3) is 0 Å². The molecule has 1 amide bonds. The maximum Gasteiger partial charge on any atom is 0.241 e. The number of anilines is 1. The molecule has 0 fully saturated rings. The molecule has 0 N–H and O–H groups in total. The molecule has 0 unspecified atom stereocenters. The van der Waals surface area contributed by atoms with Crippen LogP contribution >= 0.6 is 11.6 Å². The summed E-state index contributed by atoms with van der Waals surface area (Å²) in [6.45, 7) is 2.25. The summed E-state index contributed by atoms with van der Waals surface area (Å²) in [5.74, 6) is -0.0368. The van der Waals surface area contributed by atoms with Crippen molar-refractivity contribution < 1.29 is 9.59 Å². The zero-order valence-corrected chi connectivity index (χ0v) is 10.5. The summed E-state index contributed by atoms with van der Waals surface area (Å²) in [6.07, 6.45) is 1.82. The molecule has 1 aliphatic rings. The van der Waals surface area contributed by atoms with Gasteiger partial charge in [-0.2, -0.15) is 0 Å². The Bertz CT molecular complexity index is 470. The normalized spacial score (nSPS) is 14.4. The Hall–Kier alpha value is -1.35. The molecule has 90 valence electrons. The van der Waals surface area contributed by atoms with Gasteiger partial charge in [-0.05, 0) is 43.5 Å². The van der Waals surface area contributed by atoms with Gasteiger partial charge in [0.2, 0.25) is 5.91 Å². The summed E-state index contributed by atoms with van der Waals surface area (Å²) in [6, 6.07) is 5.49. The van der Waals surface area contributed by atoms with E-state index in [9.17, 15) is 9.59 Å². The van der Waals surface area contributed by atoms with Crippen molar-refractivity contribution in [3.05, 3.63) is 29.3 Å². The molecule has 0 saturated carbocycles. The molecule has 1 aromatic rings. The number of amides is 1. The van der Waals surface area contributed by atoms with Crippen LogP contribution in [0.1, 0.15) is 29.3 Å². The minimum Gasteiger partial charge on any atom is -0.311 e. The summed E-state index contributed by atoms with van der Waals surface area (Å²) < 4.78 is 0. The van der Waals surface area contributed by atoms with E-state index in [1.54, 1.807) is 17.9 Å². The summed E-state index contributed by atoms with van der Waals surface area (Å²) in [5, 5.41) is 0. The van der Waals surface area contributed by atoms with E-state index < -0.39 is 0 Å².